The lowest BCUT2D eigenvalue weighted by Crippen LogP contribution is -1.92. The SMILES string of the molecule is Clc1nc2cccnc2n2cccc12. The molecule has 3 heterocycles. The highest BCUT2D eigenvalue weighted by Crippen LogP contribution is 2.20. The summed E-state index contributed by atoms with van der Waals surface area (Å²) in [6.45, 7) is 0. The summed E-state index contributed by atoms with van der Waals surface area (Å²) < 4.78 is 1.94. The van der Waals surface area contributed by atoms with E-state index in [0.29, 0.717) is 5.15 Å². The Morgan fingerprint density at radius 1 is 1.21 bits per heavy atom. The van der Waals surface area contributed by atoms with Crippen LogP contribution in [0.2, 0.25) is 5.15 Å². The van der Waals surface area contributed by atoms with E-state index in [2.05, 4.69) is 9.97 Å². The van der Waals surface area contributed by atoms with Gasteiger partial charge in [-0.05, 0) is 24.3 Å². The second-order valence-electron chi connectivity index (χ2n) is 3.01. The van der Waals surface area contributed by atoms with Gasteiger partial charge in [0.15, 0.2) is 10.8 Å². The first-order valence-corrected chi connectivity index (χ1v) is 4.61. The first kappa shape index (κ1) is 7.76. The van der Waals surface area contributed by atoms with Crippen molar-refractivity contribution in [2.24, 2.45) is 0 Å². The lowest BCUT2D eigenvalue weighted by molar-refractivity contribution is 1.17. The fourth-order valence-electron chi connectivity index (χ4n) is 1.56. The lowest BCUT2D eigenvalue weighted by atomic mass is 10.4. The largest absolute Gasteiger partial charge is 0.297 e. The number of fused-ring (bicyclic) bond motifs is 3. The smallest absolute Gasteiger partial charge is 0.163 e. The van der Waals surface area contributed by atoms with Gasteiger partial charge in [-0.2, -0.15) is 0 Å². The van der Waals surface area contributed by atoms with Crippen molar-refractivity contribution in [2.45, 2.75) is 0 Å². The fraction of sp³-hybridized carbons (Fsp3) is 0. The third kappa shape index (κ3) is 0.930. The molecule has 0 fully saturated rings. The van der Waals surface area contributed by atoms with Crippen LogP contribution in [0.3, 0.4) is 0 Å². The molecule has 14 heavy (non-hydrogen) atoms. The second-order valence-corrected chi connectivity index (χ2v) is 3.37. The van der Waals surface area contributed by atoms with Gasteiger partial charge in [-0.3, -0.25) is 4.40 Å². The fourth-order valence-corrected chi connectivity index (χ4v) is 1.80. The summed E-state index contributed by atoms with van der Waals surface area (Å²) in [5, 5.41) is 0.510. The molecule has 0 saturated heterocycles. The highest BCUT2D eigenvalue weighted by molar-refractivity contribution is 6.33. The zero-order chi connectivity index (χ0) is 9.54. The maximum Gasteiger partial charge on any atom is 0.163 e. The minimum Gasteiger partial charge on any atom is -0.297 e. The standard InChI is InChI=1S/C10H6ClN3/c11-9-8-4-2-6-14(8)10-7(13-9)3-1-5-12-10/h1-6H. The number of hydrogen-bond acceptors (Lipinski definition) is 2. The number of halogens is 1. The van der Waals surface area contributed by atoms with Gasteiger partial charge in [0, 0.05) is 12.4 Å². The van der Waals surface area contributed by atoms with Crippen LogP contribution in [0.15, 0.2) is 36.7 Å². The van der Waals surface area contributed by atoms with Crippen molar-refractivity contribution in [3.63, 3.8) is 0 Å². The third-order valence-electron chi connectivity index (χ3n) is 2.17. The van der Waals surface area contributed by atoms with Gasteiger partial charge in [-0.25, -0.2) is 9.97 Å². The van der Waals surface area contributed by atoms with E-state index in [4.69, 9.17) is 11.6 Å². The number of nitrogens with zero attached hydrogens (tertiary/aromatic N) is 3. The molecule has 0 unspecified atom stereocenters. The van der Waals surface area contributed by atoms with Crippen molar-refractivity contribution < 1.29 is 0 Å². The molecule has 0 spiro atoms. The van der Waals surface area contributed by atoms with Gasteiger partial charge >= 0.3 is 0 Å². The van der Waals surface area contributed by atoms with Crippen LogP contribution in [0.4, 0.5) is 0 Å². The molecule has 3 nitrogen and oxygen atoms in total. The molecule has 0 radical (unpaired) electrons. The molecule has 3 aromatic rings. The Morgan fingerprint density at radius 3 is 3.07 bits per heavy atom. The third-order valence-corrected chi connectivity index (χ3v) is 2.45. The zero-order valence-corrected chi connectivity index (χ0v) is 7.94. The van der Waals surface area contributed by atoms with Crippen LogP contribution in [-0.4, -0.2) is 14.4 Å². The normalized spacial score (nSPS) is 11.2. The van der Waals surface area contributed by atoms with E-state index in [9.17, 15) is 0 Å². The average Bonchev–Trinajstić information content (AvgIpc) is 2.67. The van der Waals surface area contributed by atoms with Crippen molar-refractivity contribution in [3.8, 4) is 0 Å². The molecule has 0 aliphatic carbocycles. The monoisotopic (exact) mass is 203 g/mol. The number of rotatable bonds is 0. The predicted octanol–water partition coefficient (Wildman–Crippen LogP) is 2.54. The second kappa shape index (κ2) is 2.69. The topological polar surface area (TPSA) is 30.2 Å². The molecule has 0 atom stereocenters. The molecule has 0 aliphatic rings. The number of hydrogen-bond donors (Lipinski definition) is 0. The van der Waals surface area contributed by atoms with Gasteiger partial charge in [0.05, 0.1) is 5.52 Å². The van der Waals surface area contributed by atoms with E-state index < -0.39 is 0 Å². The van der Waals surface area contributed by atoms with Crippen molar-refractivity contribution in [1.29, 1.82) is 0 Å². The van der Waals surface area contributed by atoms with Crippen LogP contribution in [0.1, 0.15) is 0 Å². The Bertz CT molecular complexity index is 615. The minimum atomic E-state index is 0.510. The Kier molecular flexibility index (Phi) is 1.49. The van der Waals surface area contributed by atoms with E-state index in [0.717, 1.165) is 16.7 Å². The van der Waals surface area contributed by atoms with Gasteiger partial charge in [0.1, 0.15) is 5.52 Å². The first-order valence-electron chi connectivity index (χ1n) is 4.23. The molecule has 0 saturated carbocycles. The van der Waals surface area contributed by atoms with Gasteiger partial charge < -0.3 is 0 Å². The van der Waals surface area contributed by atoms with Crippen molar-refractivity contribution in [1.82, 2.24) is 14.4 Å². The van der Waals surface area contributed by atoms with E-state index >= 15 is 0 Å². The molecule has 4 heteroatoms. The predicted molar refractivity (Wildman–Crippen MR) is 55.5 cm³/mol. The summed E-state index contributed by atoms with van der Waals surface area (Å²) in [6.07, 6.45) is 3.68. The summed E-state index contributed by atoms with van der Waals surface area (Å²) >= 11 is 6.02. The molecule has 0 aromatic carbocycles. The first-order chi connectivity index (χ1) is 6.86. The molecular weight excluding hydrogens is 198 g/mol. The van der Waals surface area contributed by atoms with Crippen molar-refractivity contribution >= 4 is 28.3 Å². The quantitative estimate of drug-likeness (QED) is 0.562. The average molecular weight is 204 g/mol. The summed E-state index contributed by atoms with van der Waals surface area (Å²) in [4.78, 5) is 8.52. The Hall–Kier alpha value is -1.61. The van der Waals surface area contributed by atoms with Crippen LogP contribution in [0, 0.1) is 0 Å². The Morgan fingerprint density at radius 2 is 2.14 bits per heavy atom. The molecule has 68 valence electrons. The molecule has 0 aliphatic heterocycles. The van der Waals surface area contributed by atoms with Crippen molar-refractivity contribution in [2.75, 3.05) is 0 Å². The summed E-state index contributed by atoms with van der Waals surface area (Å²) in [5.74, 6) is 0. The maximum absolute atomic E-state index is 6.02. The summed E-state index contributed by atoms with van der Waals surface area (Å²) in [5.41, 5.74) is 2.52. The molecular formula is C10H6ClN3. The van der Waals surface area contributed by atoms with E-state index in [1.54, 1.807) is 6.20 Å². The number of aromatic nitrogens is 3. The molecule has 0 N–H and O–H groups in total. The van der Waals surface area contributed by atoms with Crippen LogP contribution in [0.5, 0.6) is 0 Å². The van der Waals surface area contributed by atoms with Gasteiger partial charge in [0.25, 0.3) is 0 Å². The summed E-state index contributed by atoms with van der Waals surface area (Å²) in [7, 11) is 0. The van der Waals surface area contributed by atoms with Gasteiger partial charge in [0.2, 0.25) is 0 Å². The van der Waals surface area contributed by atoms with Crippen LogP contribution < -0.4 is 0 Å². The van der Waals surface area contributed by atoms with Crippen molar-refractivity contribution in [3.05, 3.63) is 41.8 Å². The molecule has 3 rings (SSSR count). The highest BCUT2D eigenvalue weighted by Gasteiger charge is 2.05. The van der Waals surface area contributed by atoms with Crippen LogP contribution >= 0.6 is 11.6 Å². The van der Waals surface area contributed by atoms with E-state index in [1.807, 2.05) is 34.9 Å². The minimum absolute atomic E-state index is 0.510. The molecule has 3 aromatic heterocycles. The summed E-state index contributed by atoms with van der Waals surface area (Å²) in [6, 6.07) is 7.59. The highest BCUT2D eigenvalue weighted by atomic mass is 35.5. The van der Waals surface area contributed by atoms with E-state index in [-0.39, 0.29) is 0 Å². The zero-order valence-electron chi connectivity index (χ0n) is 7.18. The van der Waals surface area contributed by atoms with E-state index in [1.165, 1.54) is 0 Å². The van der Waals surface area contributed by atoms with Gasteiger partial charge in [-0.1, -0.05) is 11.6 Å². The van der Waals surface area contributed by atoms with Gasteiger partial charge in [-0.15, -0.1) is 0 Å². The maximum atomic E-state index is 6.02. The number of pyridine rings is 1. The molecule has 0 amide bonds. The lowest BCUT2D eigenvalue weighted by Gasteiger charge is -2.01. The Balaban J connectivity index is 2.66. The Labute approximate surface area is 85.0 Å². The van der Waals surface area contributed by atoms with Crippen LogP contribution in [-0.2, 0) is 0 Å². The molecule has 0 bridgehead atoms. The van der Waals surface area contributed by atoms with Crippen LogP contribution in [0.25, 0.3) is 16.7 Å².